The summed E-state index contributed by atoms with van der Waals surface area (Å²) in [7, 11) is -4.29. The lowest BCUT2D eigenvalue weighted by Crippen LogP contribution is -2.28. The van der Waals surface area contributed by atoms with Crippen LogP contribution in [0.25, 0.3) is 0 Å². The zero-order chi connectivity index (χ0) is 45.1. The molecule has 0 saturated heterocycles. The predicted molar refractivity (Wildman–Crippen MR) is 266 cm³/mol. The summed E-state index contributed by atoms with van der Waals surface area (Å²) in [5.41, 5.74) is 5.39. The summed E-state index contributed by atoms with van der Waals surface area (Å²) in [6.07, 6.45) is 61.4. The Morgan fingerprint density at radius 2 is 0.855 bits per heavy atom. The van der Waals surface area contributed by atoms with Gasteiger partial charge in [-0.05, 0) is 77.0 Å². The summed E-state index contributed by atoms with van der Waals surface area (Å²) < 4.78 is 33.6. The van der Waals surface area contributed by atoms with Crippen LogP contribution in [0.4, 0.5) is 0 Å². The number of hydrogen-bond acceptors (Lipinski definition) is 7. The summed E-state index contributed by atoms with van der Waals surface area (Å²) in [4.78, 5) is 22.6. The molecule has 0 aromatic carbocycles. The van der Waals surface area contributed by atoms with Gasteiger partial charge in [0.25, 0.3) is 0 Å². The van der Waals surface area contributed by atoms with Crippen molar-refractivity contribution >= 4 is 13.8 Å². The first-order valence-corrected chi connectivity index (χ1v) is 27.6. The number of rotatable bonds is 50. The van der Waals surface area contributed by atoms with Gasteiger partial charge in [-0.3, -0.25) is 13.8 Å². The second-order valence-electron chi connectivity index (χ2n) is 17.4. The highest BCUT2D eigenvalue weighted by Crippen LogP contribution is 2.43. The number of nitrogens with two attached hydrogens (primary N) is 1. The molecule has 2 atom stereocenters. The summed E-state index contributed by atoms with van der Waals surface area (Å²) in [6.45, 7) is 4.90. The first kappa shape index (κ1) is 60.5. The molecule has 0 saturated carbocycles. The van der Waals surface area contributed by atoms with E-state index < -0.39 is 13.9 Å². The van der Waals surface area contributed by atoms with E-state index in [1.54, 1.807) is 0 Å². The lowest BCUT2D eigenvalue weighted by molar-refractivity contribution is -0.154. The molecule has 0 radical (unpaired) electrons. The van der Waals surface area contributed by atoms with E-state index >= 15 is 0 Å². The van der Waals surface area contributed by atoms with Crippen LogP contribution in [0.3, 0.4) is 0 Å². The van der Waals surface area contributed by atoms with Crippen molar-refractivity contribution in [2.45, 2.75) is 251 Å². The number of esters is 1. The van der Waals surface area contributed by atoms with E-state index in [1.165, 1.54) is 173 Å². The predicted octanol–water partition coefficient (Wildman–Crippen LogP) is 16.3. The van der Waals surface area contributed by atoms with Crippen LogP contribution in [0.1, 0.15) is 245 Å². The zero-order valence-corrected chi connectivity index (χ0v) is 41.5. The van der Waals surface area contributed by atoms with Gasteiger partial charge >= 0.3 is 13.8 Å². The molecule has 8 nitrogen and oxygen atoms in total. The lowest BCUT2D eigenvalue weighted by Gasteiger charge is -2.20. The maximum Gasteiger partial charge on any atom is 0.472 e. The zero-order valence-electron chi connectivity index (χ0n) is 40.6. The van der Waals surface area contributed by atoms with Crippen molar-refractivity contribution in [3.8, 4) is 0 Å². The van der Waals surface area contributed by atoms with Gasteiger partial charge in [-0.1, -0.05) is 210 Å². The number of phosphoric ester groups is 1. The summed E-state index contributed by atoms with van der Waals surface area (Å²) >= 11 is 0. The number of ether oxygens (including phenoxy) is 2. The molecule has 0 aliphatic heterocycles. The van der Waals surface area contributed by atoms with E-state index in [-0.39, 0.29) is 32.3 Å². The quantitative estimate of drug-likeness (QED) is 0.0268. The Balaban J connectivity index is 3.95. The van der Waals surface area contributed by atoms with Crippen molar-refractivity contribution in [1.29, 1.82) is 0 Å². The molecule has 0 fully saturated rings. The number of carbonyl (C=O) groups is 1. The van der Waals surface area contributed by atoms with Crippen LogP contribution in [0.15, 0.2) is 48.6 Å². The number of phosphoric acid groups is 1. The Kier molecular flexibility index (Phi) is 49.2. The molecule has 0 bridgehead atoms. The molecule has 0 aliphatic rings. The van der Waals surface area contributed by atoms with Crippen molar-refractivity contribution in [2.24, 2.45) is 5.73 Å². The van der Waals surface area contributed by atoms with E-state index in [0.29, 0.717) is 13.0 Å². The van der Waals surface area contributed by atoms with Gasteiger partial charge in [-0.25, -0.2) is 4.57 Å². The molecule has 0 aromatic heterocycles. The van der Waals surface area contributed by atoms with Crippen molar-refractivity contribution in [3.63, 3.8) is 0 Å². The van der Waals surface area contributed by atoms with Crippen LogP contribution in [0, 0.1) is 0 Å². The Morgan fingerprint density at radius 1 is 0.484 bits per heavy atom. The van der Waals surface area contributed by atoms with Gasteiger partial charge in [0.05, 0.1) is 19.8 Å². The van der Waals surface area contributed by atoms with E-state index in [9.17, 15) is 14.3 Å². The van der Waals surface area contributed by atoms with Crippen LogP contribution >= 0.6 is 7.82 Å². The minimum Gasteiger partial charge on any atom is -0.457 e. The molecule has 0 rings (SSSR count). The Bertz CT molecular complexity index is 1090. The van der Waals surface area contributed by atoms with Crippen LogP contribution in [0.2, 0.25) is 0 Å². The molecule has 0 spiro atoms. The highest BCUT2D eigenvalue weighted by atomic mass is 31.2. The third-order valence-electron chi connectivity index (χ3n) is 11.2. The van der Waals surface area contributed by atoms with Crippen LogP contribution in [-0.2, 0) is 27.9 Å². The number of carbonyl (C=O) groups excluding carboxylic acids is 1. The molecular weight excluding hydrogens is 794 g/mol. The standard InChI is InChI=1S/C53H100NO7P/c1-3-5-7-9-11-13-15-17-19-21-23-25-26-27-28-30-32-34-36-38-40-42-44-46-53(55)61-52(51-60-62(56,57)59-49-47-54)50-58-48-45-43-41-39-37-35-33-31-29-24-22-20-18-16-14-12-10-8-6-4-2/h12,14,18,20-21,23-24,29,52H,3-11,13,15-17,19,22,25-28,30-51,54H2,1-2H3,(H,56,57)/b14-12-,20-18-,23-21-,29-24-. The Morgan fingerprint density at radius 3 is 1.32 bits per heavy atom. The highest BCUT2D eigenvalue weighted by molar-refractivity contribution is 7.47. The fraction of sp³-hybridized carbons (Fsp3) is 0.830. The molecule has 2 unspecified atom stereocenters. The second kappa shape index (κ2) is 50.5. The van der Waals surface area contributed by atoms with E-state index in [4.69, 9.17) is 24.3 Å². The SMILES string of the molecule is CCCCC/C=C\C/C=C\C/C=C\CCCCCCCCCOCC(COP(=O)(O)OCCN)OC(=O)CCCCCCCCCCCCC/C=C\CCCCCCCCCC. The third kappa shape index (κ3) is 49.5. The van der Waals surface area contributed by atoms with Crippen LogP contribution in [0.5, 0.6) is 0 Å². The van der Waals surface area contributed by atoms with Gasteiger partial charge in [0, 0.05) is 19.6 Å². The first-order chi connectivity index (χ1) is 30.4. The van der Waals surface area contributed by atoms with E-state index in [0.717, 1.165) is 51.4 Å². The maximum absolute atomic E-state index is 12.7. The minimum atomic E-state index is -4.29. The van der Waals surface area contributed by atoms with Gasteiger partial charge in [-0.2, -0.15) is 0 Å². The smallest absolute Gasteiger partial charge is 0.457 e. The molecule has 62 heavy (non-hydrogen) atoms. The molecule has 0 heterocycles. The van der Waals surface area contributed by atoms with Gasteiger partial charge in [-0.15, -0.1) is 0 Å². The largest absolute Gasteiger partial charge is 0.472 e. The van der Waals surface area contributed by atoms with E-state index in [1.807, 2.05) is 0 Å². The topological polar surface area (TPSA) is 117 Å². The monoisotopic (exact) mass is 894 g/mol. The Labute approximate surface area is 383 Å². The second-order valence-corrected chi connectivity index (χ2v) is 18.8. The summed E-state index contributed by atoms with van der Waals surface area (Å²) in [6, 6.07) is 0. The number of allylic oxidation sites excluding steroid dienone is 8. The molecule has 3 N–H and O–H groups in total. The fourth-order valence-electron chi connectivity index (χ4n) is 7.35. The molecule has 9 heteroatoms. The molecule has 0 amide bonds. The molecule has 364 valence electrons. The lowest BCUT2D eigenvalue weighted by atomic mass is 10.0. The average molecular weight is 894 g/mol. The van der Waals surface area contributed by atoms with Crippen molar-refractivity contribution in [1.82, 2.24) is 0 Å². The normalized spacial score (nSPS) is 13.7. The number of unbranched alkanes of at least 4 members (excludes halogenated alkanes) is 29. The van der Waals surface area contributed by atoms with Crippen LogP contribution in [-0.4, -0.2) is 49.9 Å². The van der Waals surface area contributed by atoms with Gasteiger partial charge < -0.3 is 20.1 Å². The van der Waals surface area contributed by atoms with Crippen molar-refractivity contribution < 1.29 is 32.8 Å². The molecule has 0 aliphatic carbocycles. The number of hydrogen-bond donors (Lipinski definition) is 2. The minimum absolute atomic E-state index is 0.0977. The Hall–Kier alpha value is -1.54. The fourth-order valence-corrected chi connectivity index (χ4v) is 8.12. The first-order valence-electron chi connectivity index (χ1n) is 26.1. The van der Waals surface area contributed by atoms with Crippen molar-refractivity contribution in [2.75, 3.05) is 33.0 Å². The van der Waals surface area contributed by atoms with Crippen molar-refractivity contribution in [3.05, 3.63) is 48.6 Å². The molecule has 0 aromatic rings. The highest BCUT2D eigenvalue weighted by Gasteiger charge is 2.25. The summed E-state index contributed by atoms with van der Waals surface area (Å²) in [5.74, 6) is -0.333. The summed E-state index contributed by atoms with van der Waals surface area (Å²) in [5, 5.41) is 0. The molecular formula is C53H100NO7P. The van der Waals surface area contributed by atoms with Crippen LogP contribution < -0.4 is 5.73 Å². The third-order valence-corrected chi connectivity index (χ3v) is 12.2. The maximum atomic E-state index is 12.7. The van der Waals surface area contributed by atoms with Gasteiger partial charge in [0.1, 0.15) is 6.10 Å². The van der Waals surface area contributed by atoms with Gasteiger partial charge in [0.2, 0.25) is 0 Å². The average Bonchev–Trinajstić information content (AvgIpc) is 3.26. The van der Waals surface area contributed by atoms with E-state index in [2.05, 4.69) is 62.5 Å². The van der Waals surface area contributed by atoms with Gasteiger partial charge in [0.15, 0.2) is 0 Å².